The van der Waals surface area contributed by atoms with Crippen LogP contribution in [0, 0.1) is 0 Å². The number of aryl methyl sites for hydroxylation is 1. The molecular formula is C28H38N2O3. The second-order valence-corrected chi connectivity index (χ2v) is 10.4. The molecule has 1 aromatic carbocycles. The van der Waals surface area contributed by atoms with E-state index < -0.39 is 6.10 Å². The number of aliphatic hydroxyl groups excluding tert-OH is 1. The van der Waals surface area contributed by atoms with E-state index >= 15 is 0 Å². The highest BCUT2D eigenvalue weighted by Crippen LogP contribution is 2.45. The van der Waals surface area contributed by atoms with E-state index in [1.807, 2.05) is 18.2 Å². The van der Waals surface area contributed by atoms with Crippen LogP contribution in [0.3, 0.4) is 0 Å². The van der Waals surface area contributed by atoms with Crippen LogP contribution in [0.25, 0.3) is 0 Å². The minimum absolute atomic E-state index is 0.00166. The summed E-state index contributed by atoms with van der Waals surface area (Å²) in [4.78, 5) is 16.3. The van der Waals surface area contributed by atoms with Crippen molar-refractivity contribution in [3.05, 3.63) is 52.9 Å². The summed E-state index contributed by atoms with van der Waals surface area (Å²) in [5.41, 5.74) is 2.25. The number of rotatable bonds is 8. The molecule has 0 spiro atoms. The highest BCUT2D eigenvalue weighted by molar-refractivity contribution is 5.94. The molecule has 3 fully saturated rings. The summed E-state index contributed by atoms with van der Waals surface area (Å²) < 4.78 is 5.78. The summed E-state index contributed by atoms with van der Waals surface area (Å²) in [6, 6.07) is 10.8. The predicted octanol–water partition coefficient (Wildman–Crippen LogP) is 6.33. The lowest BCUT2D eigenvalue weighted by Crippen LogP contribution is -2.49. The average Bonchev–Trinajstić information content (AvgIpc) is 3.62. The van der Waals surface area contributed by atoms with Crippen molar-refractivity contribution in [3.63, 3.8) is 0 Å². The lowest BCUT2D eigenvalue weighted by molar-refractivity contribution is 0.0432. The van der Waals surface area contributed by atoms with E-state index in [4.69, 9.17) is 4.52 Å². The van der Waals surface area contributed by atoms with Gasteiger partial charge in [-0.15, -0.1) is 0 Å². The van der Waals surface area contributed by atoms with Gasteiger partial charge in [-0.05, 0) is 56.9 Å². The van der Waals surface area contributed by atoms with Gasteiger partial charge in [-0.2, -0.15) is 0 Å². The Bertz CT molecular complexity index is 890. The highest BCUT2D eigenvalue weighted by atomic mass is 16.5. The number of carbonyl (C=O) groups excluding carboxylic acids is 1. The largest absolute Gasteiger partial charge is 0.388 e. The third-order valence-corrected chi connectivity index (χ3v) is 7.96. The van der Waals surface area contributed by atoms with Crippen LogP contribution in [-0.4, -0.2) is 33.2 Å². The Morgan fingerprint density at radius 3 is 2.12 bits per heavy atom. The van der Waals surface area contributed by atoms with Crippen LogP contribution in [0.15, 0.2) is 34.9 Å². The maximum atomic E-state index is 14.1. The van der Waals surface area contributed by atoms with E-state index in [9.17, 15) is 9.90 Å². The predicted molar refractivity (Wildman–Crippen MR) is 128 cm³/mol. The van der Waals surface area contributed by atoms with E-state index in [0.717, 1.165) is 50.7 Å². The Morgan fingerprint density at radius 2 is 1.55 bits per heavy atom. The molecule has 0 aliphatic heterocycles. The van der Waals surface area contributed by atoms with Gasteiger partial charge in [0.2, 0.25) is 0 Å². The lowest BCUT2D eigenvalue weighted by atomic mass is 9.88. The van der Waals surface area contributed by atoms with Gasteiger partial charge in [-0.25, -0.2) is 0 Å². The first-order valence-corrected chi connectivity index (χ1v) is 13.3. The van der Waals surface area contributed by atoms with Crippen LogP contribution in [0.2, 0.25) is 0 Å². The van der Waals surface area contributed by atoms with Gasteiger partial charge < -0.3 is 14.5 Å². The molecule has 0 saturated heterocycles. The SMILES string of the molecule is O=C(c1noc(C2CC2)c1C(O)CCc1ccccc1)N(C1CCCCC1)C1CCCCC1. The molecule has 33 heavy (non-hydrogen) atoms. The Balaban J connectivity index is 1.42. The zero-order valence-electron chi connectivity index (χ0n) is 19.8. The van der Waals surface area contributed by atoms with Crippen molar-refractivity contribution in [2.24, 2.45) is 0 Å². The van der Waals surface area contributed by atoms with Crippen molar-refractivity contribution >= 4 is 5.91 Å². The zero-order chi connectivity index (χ0) is 22.6. The molecule has 1 heterocycles. The average molecular weight is 451 g/mol. The van der Waals surface area contributed by atoms with Crippen molar-refractivity contribution in [2.75, 3.05) is 0 Å². The van der Waals surface area contributed by atoms with Crippen LogP contribution in [0.1, 0.15) is 123 Å². The molecule has 1 N–H and O–H groups in total. The van der Waals surface area contributed by atoms with Gasteiger partial charge in [0.05, 0.1) is 11.7 Å². The number of nitrogens with zero attached hydrogens (tertiary/aromatic N) is 2. The summed E-state index contributed by atoms with van der Waals surface area (Å²) in [5.74, 6) is 1.06. The van der Waals surface area contributed by atoms with Gasteiger partial charge >= 0.3 is 0 Å². The molecule has 3 aliphatic rings. The van der Waals surface area contributed by atoms with Crippen molar-refractivity contribution in [2.45, 2.75) is 114 Å². The van der Waals surface area contributed by atoms with Gasteiger partial charge in [0, 0.05) is 18.0 Å². The van der Waals surface area contributed by atoms with Crippen LogP contribution in [0.4, 0.5) is 0 Å². The Hall–Kier alpha value is -2.14. The summed E-state index contributed by atoms with van der Waals surface area (Å²) in [7, 11) is 0. The van der Waals surface area contributed by atoms with E-state index in [-0.39, 0.29) is 5.91 Å². The molecular weight excluding hydrogens is 412 g/mol. The highest BCUT2D eigenvalue weighted by Gasteiger charge is 2.40. The summed E-state index contributed by atoms with van der Waals surface area (Å²) >= 11 is 0. The van der Waals surface area contributed by atoms with Crippen molar-refractivity contribution < 1.29 is 14.4 Å². The maximum Gasteiger partial charge on any atom is 0.276 e. The number of carbonyl (C=O) groups is 1. The summed E-state index contributed by atoms with van der Waals surface area (Å²) in [6.45, 7) is 0. The Kier molecular flexibility index (Phi) is 7.15. The number of hydrogen-bond acceptors (Lipinski definition) is 4. The smallest absolute Gasteiger partial charge is 0.276 e. The fourth-order valence-corrected chi connectivity index (χ4v) is 5.99. The van der Waals surface area contributed by atoms with E-state index in [0.29, 0.717) is 35.7 Å². The fraction of sp³-hybridized carbons (Fsp3) is 0.643. The maximum absolute atomic E-state index is 14.1. The second-order valence-electron chi connectivity index (χ2n) is 10.4. The van der Waals surface area contributed by atoms with E-state index in [2.05, 4.69) is 22.2 Å². The number of benzene rings is 1. The first-order valence-electron chi connectivity index (χ1n) is 13.3. The van der Waals surface area contributed by atoms with Crippen LogP contribution in [-0.2, 0) is 6.42 Å². The topological polar surface area (TPSA) is 66.6 Å². The Labute approximate surface area is 197 Å². The summed E-state index contributed by atoms with van der Waals surface area (Å²) in [5, 5.41) is 15.6. The van der Waals surface area contributed by atoms with E-state index in [1.54, 1.807) is 0 Å². The molecule has 1 amide bonds. The minimum atomic E-state index is -0.731. The number of aliphatic hydroxyl groups is 1. The fourth-order valence-electron chi connectivity index (χ4n) is 5.99. The van der Waals surface area contributed by atoms with Gasteiger partial charge in [-0.1, -0.05) is 74.0 Å². The molecule has 3 aliphatic carbocycles. The third kappa shape index (κ3) is 5.18. The molecule has 5 rings (SSSR count). The molecule has 178 valence electrons. The molecule has 2 aromatic rings. The molecule has 1 aromatic heterocycles. The normalized spacial score (nSPS) is 21.1. The van der Waals surface area contributed by atoms with Crippen LogP contribution < -0.4 is 0 Å². The second kappa shape index (κ2) is 10.4. The third-order valence-electron chi connectivity index (χ3n) is 7.96. The van der Waals surface area contributed by atoms with Gasteiger partial charge in [0.15, 0.2) is 5.69 Å². The molecule has 3 saturated carbocycles. The molecule has 5 nitrogen and oxygen atoms in total. The molecule has 0 radical (unpaired) electrons. The minimum Gasteiger partial charge on any atom is -0.388 e. The van der Waals surface area contributed by atoms with Crippen LogP contribution >= 0.6 is 0 Å². The molecule has 0 bridgehead atoms. The number of hydrogen-bond donors (Lipinski definition) is 1. The molecule has 1 atom stereocenters. The monoisotopic (exact) mass is 450 g/mol. The zero-order valence-corrected chi connectivity index (χ0v) is 19.8. The van der Waals surface area contributed by atoms with Crippen LogP contribution in [0.5, 0.6) is 0 Å². The number of aromatic nitrogens is 1. The Morgan fingerprint density at radius 1 is 0.939 bits per heavy atom. The standard InChI is InChI=1S/C28H38N2O3/c31-24(19-16-20-10-4-1-5-11-20)25-26(29-33-27(25)21-17-18-21)28(32)30(22-12-6-2-7-13-22)23-14-8-3-9-15-23/h1,4-5,10-11,21-24,31H,2-3,6-9,12-19H2. The van der Waals surface area contributed by atoms with Crippen molar-refractivity contribution in [1.82, 2.24) is 10.1 Å². The number of amides is 1. The van der Waals surface area contributed by atoms with Gasteiger partial charge in [0.1, 0.15) is 5.76 Å². The lowest BCUT2D eigenvalue weighted by Gasteiger charge is -2.41. The van der Waals surface area contributed by atoms with Gasteiger partial charge in [0.25, 0.3) is 5.91 Å². The van der Waals surface area contributed by atoms with Crippen molar-refractivity contribution in [1.29, 1.82) is 0 Å². The van der Waals surface area contributed by atoms with Crippen molar-refractivity contribution in [3.8, 4) is 0 Å². The molecule has 5 heteroatoms. The first-order chi connectivity index (χ1) is 16.2. The van der Waals surface area contributed by atoms with Gasteiger partial charge in [-0.3, -0.25) is 4.79 Å². The quantitative estimate of drug-likeness (QED) is 0.511. The first kappa shape index (κ1) is 22.6. The van der Waals surface area contributed by atoms with E-state index in [1.165, 1.54) is 44.1 Å². The molecule has 1 unspecified atom stereocenters. The summed E-state index contributed by atoms with van der Waals surface area (Å²) in [6.07, 6.45) is 14.4.